The second-order valence-electron chi connectivity index (χ2n) is 7.18. The standard InChI is InChI=1S/C26H23N3O3/c1-18-12-13-19(2)23(14-18)29-25(30)17-32-24-11-7-6-8-20(24)15-21(16-27)26(31)28-22-9-4-3-5-10-22/h3-15H,17H2,1-2H3,(H,28,31)(H,29,30)/b21-15+. The van der Waals surface area contributed by atoms with E-state index in [1.807, 2.05) is 44.2 Å². The van der Waals surface area contributed by atoms with Crippen LogP contribution in [-0.4, -0.2) is 18.4 Å². The van der Waals surface area contributed by atoms with Crippen LogP contribution in [0.4, 0.5) is 11.4 Å². The summed E-state index contributed by atoms with van der Waals surface area (Å²) in [5.74, 6) is -0.440. The van der Waals surface area contributed by atoms with Gasteiger partial charge in [0, 0.05) is 16.9 Å². The number of carbonyl (C=O) groups is 2. The zero-order chi connectivity index (χ0) is 22.9. The van der Waals surface area contributed by atoms with Crippen LogP contribution in [0.15, 0.2) is 78.4 Å². The van der Waals surface area contributed by atoms with Crippen LogP contribution in [0.2, 0.25) is 0 Å². The lowest BCUT2D eigenvalue weighted by Gasteiger charge is -2.12. The number of nitrogens with one attached hydrogen (secondary N) is 2. The van der Waals surface area contributed by atoms with Crippen LogP contribution in [0.3, 0.4) is 0 Å². The Morgan fingerprint density at radius 3 is 2.44 bits per heavy atom. The fourth-order valence-electron chi connectivity index (χ4n) is 2.96. The first kappa shape index (κ1) is 22.3. The van der Waals surface area contributed by atoms with Gasteiger partial charge in [0.2, 0.25) is 0 Å². The second-order valence-corrected chi connectivity index (χ2v) is 7.18. The Labute approximate surface area is 187 Å². The van der Waals surface area contributed by atoms with Crippen molar-refractivity contribution in [2.75, 3.05) is 17.2 Å². The number of ether oxygens (including phenoxy) is 1. The van der Waals surface area contributed by atoms with E-state index in [-0.39, 0.29) is 18.1 Å². The number of nitrogens with zero attached hydrogens (tertiary/aromatic N) is 1. The zero-order valence-electron chi connectivity index (χ0n) is 17.9. The molecule has 0 aliphatic heterocycles. The van der Waals surface area contributed by atoms with Gasteiger partial charge in [-0.3, -0.25) is 9.59 Å². The summed E-state index contributed by atoms with van der Waals surface area (Å²) < 4.78 is 5.69. The predicted octanol–water partition coefficient (Wildman–Crippen LogP) is 4.87. The smallest absolute Gasteiger partial charge is 0.266 e. The number of amides is 2. The van der Waals surface area contributed by atoms with E-state index in [4.69, 9.17) is 4.74 Å². The van der Waals surface area contributed by atoms with E-state index in [2.05, 4.69) is 10.6 Å². The number of rotatable bonds is 7. The van der Waals surface area contributed by atoms with Crippen molar-refractivity contribution < 1.29 is 14.3 Å². The number of benzene rings is 3. The molecule has 6 nitrogen and oxygen atoms in total. The molecule has 2 N–H and O–H groups in total. The minimum Gasteiger partial charge on any atom is -0.483 e. The summed E-state index contributed by atoms with van der Waals surface area (Å²) in [7, 11) is 0. The first-order chi connectivity index (χ1) is 15.5. The molecule has 0 fully saturated rings. The molecule has 6 heteroatoms. The van der Waals surface area contributed by atoms with Gasteiger partial charge >= 0.3 is 0 Å². The van der Waals surface area contributed by atoms with Crippen LogP contribution in [0.25, 0.3) is 6.08 Å². The molecule has 0 aromatic heterocycles. The average molecular weight is 425 g/mol. The van der Waals surface area contributed by atoms with Crippen LogP contribution in [-0.2, 0) is 9.59 Å². The Morgan fingerprint density at radius 1 is 0.969 bits per heavy atom. The Hall–Kier alpha value is -4.37. The second kappa shape index (κ2) is 10.6. The first-order valence-electron chi connectivity index (χ1n) is 10.0. The molecule has 0 saturated heterocycles. The molecule has 0 heterocycles. The van der Waals surface area contributed by atoms with Crippen molar-refractivity contribution in [1.29, 1.82) is 5.26 Å². The van der Waals surface area contributed by atoms with E-state index in [1.54, 1.807) is 48.5 Å². The highest BCUT2D eigenvalue weighted by atomic mass is 16.5. The summed E-state index contributed by atoms with van der Waals surface area (Å²) in [4.78, 5) is 24.9. The monoisotopic (exact) mass is 425 g/mol. The molecule has 3 rings (SSSR count). The molecular weight excluding hydrogens is 402 g/mol. The summed E-state index contributed by atoms with van der Waals surface area (Å²) in [6.07, 6.45) is 1.44. The molecule has 0 aliphatic carbocycles. The third kappa shape index (κ3) is 6.07. The molecule has 0 radical (unpaired) electrons. The van der Waals surface area contributed by atoms with Crippen molar-refractivity contribution in [3.63, 3.8) is 0 Å². The van der Waals surface area contributed by atoms with Crippen molar-refractivity contribution in [1.82, 2.24) is 0 Å². The minimum absolute atomic E-state index is 0.0789. The van der Waals surface area contributed by atoms with Crippen LogP contribution in [0.5, 0.6) is 5.75 Å². The molecule has 0 spiro atoms. The van der Waals surface area contributed by atoms with Gasteiger partial charge in [-0.1, -0.05) is 48.5 Å². The Morgan fingerprint density at radius 2 is 1.69 bits per heavy atom. The highest BCUT2D eigenvalue weighted by Gasteiger charge is 2.12. The number of hydrogen-bond acceptors (Lipinski definition) is 4. The summed E-state index contributed by atoms with van der Waals surface area (Å²) in [6.45, 7) is 3.66. The van der Waals surface area contributed by atoms with Crippen LogP contribution < -0.4 is 15.4 Å². The lowest BCUT2D eigenvalue weighted by molar-refractivity contribution is -0.118. The minimum atomic E-state index is -0.527. The Kier molecular flexibility index (Phi) is 7.39. The molecule has 0 saturated carbocycles. The van der Waals surface area contributed by atoms with Gasteiger partial charge in [-0.25, -0.2) is 0 Å². The first-order valence-corrected chi connectivity index (χ1v) is 10.0. The van der Waals surface area contributed by atoms with E-state index in [9.17, 15) is 14.9 Å². The molecule has 160 valence electrons. The van der Waals surface area contributed by atoms with Crippen molar-refractivity contribution in [2.24, 2.45) is 0 Å². The van der Waals surface area contributed by atoms with Crippen LogP contribution in [0, 0.1) is 25.2 Å². The quantitative estimate of drug-likeness (QED) is 0.417. The summed E-state index contributed by atoms with van der Waals surface area (Å²) in [5.41, 5.74) is 3.76. The van der Waals surface area contributed by atoms with Crippen molar-refractivity contribution in [3.8, 4) is 11.8 Å². The molecular formula is C26H23N3O3. The summed E-state index contributed by atoms with van der Waals surface area (Å²) in [6, 6.07) is 23.5. The molecule has 0 atom stereocenters. The number of anilines is 2. The van der Waals surface area contributed by atoms with Gasteiger partial charge in [-0.05, 0) is 55.3 Å². The Bertz CT molecular complexity index is 1190. The van der Waals surface area contributed by atoms with E-state index in [1.165, 1.54) is 6.08 Å². The van der Waals surface area contributed by atoms with E-state index in [0.29, 0.717) is 17.0 Å². The number of carbonyl (C=O) groups excluding carboxylic acids is 2. The SMILES string of the molecule is Cc1ccc(C)c(NC(=O)COc2ccccc2/C=C(\C#N)C(=O)Nc2ccccc2)c1. The molecule has 3 aromatic carbocycles. The molecule has 3 aromatic rings. The maximum absolute atomic E-state index is 12.5. The topological polar surface area (TPSA) is 91.2 Å². The van der Waals surface area contributed by atoms with Gasteiger partial charge in [0.15, 0.2) is 6.61 Å². The zero-order valence-corrected chi connectivity index (χ0v) is 17.9. The lowest BCUT2D eigenvalue weighted by atomic mass is 10.1. The lowest BCUT2D eigenvalue weighted by Crippen LogP contribution is -2.21. The fourth-order valence-corrected chi connectivity index (χ4v) is 2.96. The molecule has 2 amide bonds. The number of para-hydroxylation sites is 2. The highest BCUT2D eigenvalue weighted by molar-refractivity contribution is 6.09. The average Bonchev–Trinajstić information content (AvgIpc) is 2.79. The number of aryl methyl sites for hydroxylation is 2. The summed E-state index contributed by atoms with van der Waals surface area (Å²) in [5, 5.41) is 15.0. The van der Waals surface area contributed by atoms with Gasteiger partial charge in [-0.15, -0.1) is 0 Å². The largest absolute Gasteiger partial charge is 0.483 e. The van der Waals surface area contributed by atoms with Crippen LogP contribution in [0.1, 0.15) is 16.7 Å². The van der Waals surface area contributed by atoms with E-state index < -0.39 is 5.91 Å². The number of hydrogen-bond donors (Lipinski definition) is 2. The van der Waals surface area contributed by atoms with Crippen molar-refractivity contribution in [3.05, 3.63) is 95.1 Å². The van der Waals surface area contributed by atoms with E-state index >= 15 is 0 Å². The molecule has 32 heavy (non-hydrogen) atoms. The third-order valence-corrected chi connectivity index (χ3v) is 4.64. The highest BCUT2D eigenvalue weighted by Crippen LogP contribution is 2.22. The third-order valence-electron chi connectivity index (χ3n) is 4.64. The maximum Gasteiger partial charge on any atom is 0.266 e. The maximum atomic E-state index is 12.5. The van der Waals surface area contributed by atoms with Crippen molar-refractivity contribution in [2.45, 2.75) is 13.8 Å². The number of nitriles is 1. The van der Waals surface area contributed by atoms with Gasteiger partial charge in [-0.2, -0.15) is 5.26 Å². The Balaban J connectivity index is 1.70. The van der Waals surface area contributed by atoms with E-state index in [0.717, 1.165) is 16.8 Å². The fraction of sp³-hybridized carbons (Fsp3) is 0.115. The van der Waals surface area contributed by atoms with Gasteiger partial charge in [0.25, 0.3) is 11.8 Å². The molecule has 0 aliphatic rings. The van der Waals surface area contributed by atoms with Gasteiger partial charge in [0.1, 0.15) is 17.4 Å². The van der Waals surface area contributed by atoms with Crippen LogP contribution >= 0.6 is 0 Å². The van der Waals surface area contributed by atoms with Gasteiger partial charge < -0.3 is 15.4 Å². The van der Waals surface area contributed by atoms with Crippen molar-refractivity contribution >= 4 is 29.3 Å². The molecule has 0 bridgehead atoms. The molecule has 0 unspecified atom stereocenters. The van der Waals surface area contributed by atoms with Gasteiger partial charge in [0.05, 0.1) is 0 Å². The predicted molar refractivity (Wildman–Crippen MR) is 125 cm³/mol. The summed E-state index contributed by atoms with van der Waals surface area (Å²) >= 11 is 0. The normalized spacial score (nSPS) is 10.7.